The first kappa shape index (κ1) is 29.7. The zero-order valence-corrected chi connectivity index (χ0v) is 24.6. The predicted octanol–water partition coefficient (Wildman–Crippen LogP) is 5.63. The van der Waals surface area contributed by atoms with Gasteiger partial charge in [-0.25, -0.2) is 8.42 Å². The second-order valence-electron chi connectivity index (χ2n) is 9.04. The number of amides is 2. The molecule has 38 heavy (non-hydrogen) atoms. The van der Waals surface area contributed by atoms with Gasteiger partial charge in [0.2, 0.25) is 11.8 Å². The number of carbonyl (C=O) groups excluding carboxylic acids is 2. The summed E-state index contributed by atoms with van der Waals surface area (Å²) in [6.45, 7) is 5.13. The fourth-order valence-electron chi connectivity index (χ4n) is 3.94. The van der Waals surface area contributed by atoms with Gasteiger partial charge in [-0.1, -0.05) is 64.8 Å². The lowest BCUT2D eigenvalue weighted by molar-refractivity contribution is -0.140. The summed E-state index contributed by atoms with van der Waals surface area (Å²) in [6, 6.07) is 20.7. The van der Waals surface area contributed by atoms with Gasteiger partial charge < -0.3 is 10.2 Å². The van der Waals surface area contributed by atoms with E-state index in [-0.39, 0.29) is 23.4 Å². The first-order chi connectivity index (χ1) is 18.0. The van der Waals surface area contributed by atoms with Crippen LogP contribution >= 0.6 is 27.5 Å². The average Bonchev–Trinajstić information content (AvgIpc) is 2.89. The summed E-state index contributed by atoms with van der Waals surface area (Å²) in [5.74, 6) is -0.806. The van der Waals surface area contributed by atoms with Gasteiger partial charge in [0, 0.05) is 22.1 Å². The first-order valence-corrected chi connectivity index (χ1v) is 14.8. The normalized spacial score (nSPS) is 12.2. The number of nitrogens with zero attached hydrogens (tertiary/aromatic N) is 2. The van der Waals surface area contributed by atoms with E-state index in [0.717, 1.165) is 14.3 Å². The molecule has 1 N–H and O–H groups in total. The first-order valence-electron chi connectivity index (χ1n) is 12.2. The Morgan fingerprint density at radius 1 is 0.947 bits per heavy atom. The maximum absolute atomic E-state index is 13.9. The van der Waals surface area contributed by atoms with Crippen molar-refractivity contribution in [2.75, 3.05) is 10.8 Å². The van der Waals surface area contributed by atoms with Crippen molar-refractivity contribution < 1.29 is 18.0 Å². The van der Waals surface area contributed by atoms with Crippen LogP contribution in [0.1, 0.15) is 32.8 Å². The summed E-state index contributed by atoms with van der Waals surface area (Å²) in [4.78, 5) is 28.6. The van der Waals surface area contributed by atoms with E-state index in [9.17, 15) is 18.0 Å². The van der Waals surface area contributed by atoms with E-state index >= 15 is 0 Å². The van der Waals surface area contributed by atoms with Crippen molar-refractivity contribution in [3.05, 3.63) is 93.9 Å². The van der Waals surface area contributed by atoms with Gasteiger partial charge in [-0.15, -0.1) is 0 Å². The molecule has 0 aromatic heterocycles. The lowest BCUT2D eigenvalue weighted by Crippen LogP contribution is -2.53. The van der Waals surface area contributed by atoms with E-state index < -0.39 is 28.5 Å². The number of hydrogen-bond donors (Lipinski definition) is 1. The highest BCUT2D eigenvalue weighted by Gasteiger charge is 2.33. The monoisotopic (exact) mass is 619 g/mol. The van der Waals surface area contributed by atoms with Crippen LogP contribution in [-0.2, 0) is 26.2 Å². The highest BCUT2D eigenvalue weighted by Crippen LogP contribution is 2.26. The topological polar surface area (TPSA) is 86.8 Å². The lowest BCUT2D eigenvalue weighted by atomic mass is 10.1. The molecule has 0 aliphatic heterocycles. The van der Waals surface area contributed by atoms with E-state index in [1.165, 1.54) is 17.0 Å². The Balaban J connectivity index is 2.04. The Kier molecular flexibility index (Phi) is 10.4. The summed E-state index contributed by atoms with van der Waals surface area (Å²) in [6.07, 6.45) is 0.349. The van der Waals surface area contributed by atoms with E-state index in [4.69, 9.17) is 11.6 Å². The van der Waals surface area contributed by atoms with Gasteiger partial charge in [-0.2, -0.15) is 0 Å². The molecule has 0 saturated carbocycles. The molecule has 0 aliphatic carbocycles. The Morgan fingerprint density at radius 3 is 2.11 bits per heavy atom. The average molecular weight is 621 g/mol. The summed E-state index contributed by atoms with van der Waals surface area (Å²) in [5, 5.41) is 3.43. The second kappa shape index (κ2) is 13.3. The van der Waals surface area contributed by atoms with Gasteiger partial charge in [0.15, 0.2) is 0 Å². The minimum atomic E-state index is -4.09. The van der Waals surface area contributed by atoms with Crippen LogP contribution in [0.3, 0.4) is 0 Å². The van der Waals surface area contributed by atoms with Crippen molar-refractivity contribution >= 4 is 55.1 Å². The molecule has 1 unspecified atom stereocenters. The third-order valence-corrected chi connectivity index (χ3v) is 8.38. The van der Waals surface area contributed by atoms with E-state index in [1.807, 2.05) is 20.8 Å². The molecule has 3 aromatic carbocycles. The van der Waals surface area contributed by atoms with Crippen LogP contribution in [0.15, 0.2) is 88.2 Å². The van der Waals surface area contributed by atoms with Crippen molar-refractivity contribution in [3.63, 3.8) is 0 Å². The van der Waals surface area contributed by atoms with E-state index in [2.05, 4.69) is 21.2 Å². The molecule has 0 radical (unpaired) electrons. The van der Waals surface area contributed by atoms with Crippen molar-refractivity contribution in [3.8, 4) is 0 Å². The number of halogens is 2. The fraction of sp³-hybridized carbons (Fsp3) is 0.286. The van der Waals surface area contributed by atoms with Crippen LogP contribution in [0.4, 0.5) is 5.69 Å². The summed E-state index contributed by atoms with van der Waals surface area (Å²) >= 11 is 9.42. The lowest BCUT2D eigenvalue weighted by Gasteiger charge is -2.33. The molecule has 0 aliphatic rings. The van der Waals surface area contributed by atoms with Crippen molar-refractivity contribution in [1.29, 1.82) is 0 Å². The number of nitrogens with one attached hydrogen (secondary N) is 1. The van der Waals surface area contributed by atoms with Gasteiger partial charge in [0.05, 0.1) is 10.6 Å². The van der Waals surface area contributed by atoms with Gasteiger partial charge >= 0.3 is 0 Å². The van der Waals surface area contributed by atoms with Gasteiger partial charge in [-0.05, 0) is 74.4 Å². The zero-order chi connectivity index (χ0) is 27.9. The molecule has 0 fully saturated rings. The molecule has 0 heterocycles. The number of hydrogen-bond acceptors (Lipinski definition) is 4. The highest BCUT2D eigenvalue weighted by molar-refractivity contribution is 9.10. The van der Waals surface area contributed by atoms with Crippen LogP contribution in [0.5, 0.6) is 0 Å². The number of sulfonamides is 1. The van der Waals surface area contributed by atoms with E-state index in [1.54, 1.807) is 66.7 Å². The van der Waals surface area contributed by atoms with Crippen molar-refractivity contribution in [2.24, 2.45) is 0 Å². The molecular formula is C28H31BrClN3O4S. The van der Waals surface area contributed by atoms with Crippen molar-refractivity contribution in [1.82, 2.24) is 10.2 Å². The molecular weight excluding hydrogens is 590 g/mol. The molecule has 0 bridgehead atoms. The molecule has 3 aromatic rings. The third-order valence-electron chi connectivity index (χ3n) is 5.81. The highest BCUT2D eigenvalue weighted by atomic mass is 79.9. The summed E-state index contributed by atoms with van der Waals surface area (Å²) in [7, 11) is -4.09. The Bertz CT molecular complexity index is 1330. The molecule has 3 rings (SSSR count). The Hall–Kier alpha value is -2.88. The maximum Gasteiger partial charge on any atom is 0.264 e. The van der Waals surface area contributed by atoms with E-state index in [0.29, 0.717) is 17.1 Å². The quantitative estimate of drug-likeness (QED) is 0.301. The molecule has 7 nitrogen and oxygen atoms in total. The number of rotatable bonds is 11. The number of anilines is 1. The van der Waals surface area contributed by atoms with Crippen LogP contribution in [0, 0.1) is 0 Å². The smallest absolute Gasteiger partial charge is 0.264 e. The van der Waals surface area contributed by atoms with Gasteiger partial charge in [0.1, 0.15) is 12.6 Å². The van der Waals surface area contributed by atoms with Crippen LogP contribution in [0.2, 0.25) is 5.02 Å². The number of benzene rings is 3. The SMILES string of the molecule is CCC(C(=O)NC(C)C)N(Cc1ccc(Cl)cc1)C(=O)CN(c1ccc(Br)cc1)S(=O)(=O)c1ccccc1. The third kappa shape index (κ3) is 7.58. The van der Waals surface area contributed by atoms with Gasteiger partial charge in [-0.3, -0.25) is 13.9 Å². The molecule has 0 spiro atoms. The number of carbonyl (C=O) groups is 2. The van der Waals surface area contributed by atoms with Crippen molar-refractivity contribution in [2.45, 2.75) is 50.7 Å². The Morgan fingerprint density at radius 2 is 1.55 bits per heavy atom. The molecule has 10 heteroatoms. The Labute approximate surface area is 238 Å². The van der Waals surface area contributed by atoms with Crippen LogP contribution in [-0.4, -0.2) is 43.8 Å². The predicted molar refractivity (Wildman–Crippen MR) is 154 cm³/mol. The minimum Gasteiger partial charge on any atom is -0.352 e. The van der Waals surface area contributed by atoms with Crippen LogP contribution < -0.4 is 9.62 Å². The summed E-state index contributed by atoms with van der Waals surface area (Å²) in [5.41, 5.74) is 1.09. The second-order valence-corrected chi connectivity index (χ2v) is 12.3. The molecule has 1 atom stereocenters. The minimum absolute atomic E-state index is 0.0598. The standard InChI is InChI=1S/C28H31BrClN3O4S/c1-4-26(28(35)31-20(2)3)32(18-21-10-14-23(30)15-11-21)27(34)19-33(24-16-12-22(29)13-17-24)38(36,37)25-8-6-5-7-9-25/h5-17,20,26H,4,18-19H2,1-3H3,(H,31,35). The molecule has 202 valence electrons. The fourth-order valence-corrected chi connectivity index (χ4v) is 5.77. The maximum atomic E-state index is 13.9. The van der Waals surface area contributed by atoms with Crippen LogP contribution in [0.25, 0.3) is 0 Å². The molecule has 0 saturated heterocycles. The summed E-state index contributed by atoms with van der Waals surface area (Å²) < 4.78 is 29.3. The largest absolute Gasteiger partial charge is 0.352 e. The zero-order valence-electron chi connectivity index (χ0n) is 21.5. The molecule has 2 amide bonds. The van der Waals surface area contributed by atoms with Gasteiger partial charge in [0.25, 0.3) is 10.0 Å².